The molecule has 1 N–H and O–H groups in total. The highest BCUT2D eigenvalue weighted by Crippen LogP contribution is 2.16. The molecular formula is C14H17N3O2. The molecule has 0 fully saturated rings. The number of furan rings is 1. The summed E-state index contributed by atoms with van der Waals surface area (Å²) in [6.45, 7) is 4.64. The molecule has 0 radical (unpaired) electrons. The molecule has 3 heterocycles. The zero-order chi connectivity index (χ0) is 13.4. The number of aryl methyl sites for hydroxylation is 3. The van der Waals surface area contributed by atoms with Gasteiger partial charge in [-0.05, 0) is 26.3 Å². The van der Waals surface area contributed by atoms with Gasteiger partial charge < -0.3 is 14.3 Å². The molecule has 5 nitrogen and oxygen atoms in total. The van der Waals surface area contributed by atoms with Gasteiger partial charge in [-0.15, -0.1) is 0 Å². The summed E-state index contributed by atoms with van der Waals surface area (Å²) < 4.78 is 7.33. The summed E-state index contributed by atoms with van der Waals surface area (Å²) in [6.07, 6.45) is 5.39. The minimum absolute atomic E-state index is 0.132. The van der Waals surface area contributed by atoms with Crippen molar-refractivity contribution in [2.75, 3.05) is 0 Å². The lowest BCUT2D eigenvalue weighted by atomic mass is 10.1. The Balaban J connectivity index is 1.69. The third-order valence-corrected chi connectivity index (χ3v) is 3.52. The lowest BCUT2D eigenvalue weighted by Crippen LogP contribution is -2.40. The highest BCUT2D eigenvalue weighted by molar-refractivity contribution is 5.92. The second kappa shape index (κ2) is 4.57. The summed E-state index contributed by atoms with van der Waals surface area (Å²) >= 11 is 0. The van der Waals surface area contributed by atoms with Crippen LogP contribution in [-0.4, -0.2) is 21.5 Å². The van der Waals surface area contributed by atoms with Gasteiger partial charge in [0.25, 0.3) is 5.91 Å². The van der Waals surface area contributed by atoms with Crippen LogP contribution in [0.3, 0.4) is 0 Å². The Morgan fingerprint density at radius 1 is 1.53 bits per heavy atom. The third-order valence-electron chi connectivity index (χ3n) is 3.52. The number of imidazole rings is 1. The molecule has 2 aromatic heterocycles. The molecule has 0 aromatic carbocycles. The van der Waals surface area contributed by atoms with Gasteiger partial charge in [-0.3, -0.25) is 4.79 Å². The summed E-state index contributed by atoms with van der Waals surface area (Å²) in [4.78, 5) is 16.5. The average Bonchev–Trinajstić information content (AvgIpc) is 2.93. The van der Waals surface area contributed by atoms with E-state index in [4.69, 9.17) is 4.42 Å². The van der Waals surface area contributed by atoms with Gasteiger partial charge in [-0.1, -0.05) is 0 Å². The number of nitrogens with zero attached hydrogens (tertiary/aromatic N) is 2. The predicted octanol–water partition coefficient (Wildman–Crippen LogP) is 1.84. The van der Waals surface area contributed by atoms with Crippen LogP contribution in [0.4, 0.5) is 0 Å². The molecule has 0 aliphatic carbocycles. The minimum atomic E-state index is -0.132. The van der Waals surface area contributed by atoms with Crippen LogP contribution in [-0.2, 0) is 13.0 Å². The summed E-state index contributed by atoms with van der Waals surface area (Å²) in [5.41, 5.74) is 1.90. The Morgan fingerprint density at radius 3 is 3.11 bits per heavy atom. The number of nitrogens with one attached hydrogen (secondary N) is 1. The van der Waals surface area contributed by atoms with Crippen LogP contribution in [0.2, 0.25) is 0 Å². The van der Waals surface area contributed by atoms with E-state index in [1.165, 1.54) is 0 Å². The van der Waals surface area contributed by atoms with Gasteiger partial charge in [0.2, 0.25) is 0 Å². The molecule has 0 saturated heterocycles. The van der Waals surface area contributed by atoms with E-state index in [0.717, 1.165) is 36.5 Å². The molecule has 100 valence electrons. The fourth-order valence-electron chi connectivity index (χ4n) is 2.56. The second-order valence-electron chi connectivity index (χ2n) is 5.09. The normalized spacial score (nSPS) is 18.1. The van der Waals surface area contributed by atoms with E-state index in [-0.39, 0.29) is 11.9 Å². The number of aromatic nitrogens is 2. The van der Waals surface area contributed by atoms with E-state index >= 15 is 0 Å². The van der Waals surface area contributed by atoms with Gasteiger partial charge in [-0.25, -0.2) is 4.98 Å². The van der Waals surface area contributed by atoms with E-state index in [0.29, 0.717) is 5.76 Å². The number of amides is 1. The van der Waals surface area contributed by atoms with Gasteiger partial charge in [0.05, 0.1) is 12.0 Å². The predicted molar refractivity (Wildman–Crippen MR) is 70.0 cm³/mol. The summed E-state index contributed by atoms with van der Waals surface area (Å²) in [5.74, 6) is 1.39. The molecule has 19 heavy (non-hydrogen) atoms. The standard InChI is InChI=1S/C14H17N3O2/c1-9-5-6-19-13(9)14(18)16-11-3-4-12-15-10(2)7-17(12)8-11/h5-7,11H,3-4,8H2,1-2H3,(H,16,18)/t11-/m1/s1. The Hall–Kier alpha value is -2.04. The Labute approximate surface area is 111 Å². The van der Waals surface area contributed by atoms with E-state index in [1.807, 2.05) is 20.0 Å². The Bertz CT molecular complexity index is 612. The van der Waals surface area contributed by atoms with Gasteiger partial charge in [0.15, 0.2) is 5.76 Å². The zero-order valence-electron chi connectivity index (χ0n) is 11.1. The number of carbonyl (C=O) groups excluding carboxylic acids is 1. The van der Waals surface area contributed by atoms with Crippen molar-refractivity contribution in [3.63, 3.8) is 0 Å². The van der Waals surface area contributed by atoms with Crippen LogP contribution in [0, 0.1) is 13.8 Å². The highest BCUT2D eigenvalue weighted by Gasteiger charge is 2.23. The fraction of sp³-hybridized carbons (Fsp3) is 0.429. The van der Waals surface area contributed by atoms with Crippen molar-refractivity contribution < 1.29 is 9.21 Å². The van der Waals surface area contributed by atoms with Gasteiger partial charge in [0, 0.05) is 30.8 Å². The lowest BCUT2D eigenvalue weighted by molar-refractivity contribution is 0.0898. The maximum atomic E-state index is 12.1. The first kappa shape index (κ1) is 12.0. The smallest absolute Gasteiger partial charge is 0.287 e. The lowest BCUT2D eigenvalue weighted by Gasteiger charge is -2.24. The quantitative estimate of drug-likeness (QED) is 0.895. The largest absolute Gasteiger partial charge is 0.459 e. The zero-order valence-corrected chi connectivity index (χ0v) is 11.1. The molecule has 0 unspecified atom stereocenters. The first-order chi connectivity index (χ1) is 9.13. The second-order valence-corrected chi connectivity index (χ2v) is 5.09. The van der Waals surface area contributed by atoms with Crippen molar-refractivity contribution in [1.29, 1.82) is 0 Å². The van der Waals surface area contributed by atoms with E-state index in [1.54, 1.807) is 12.3 Å². The molecule has 1 amide bonds. The van der Waals surface area contributed by atoms with Crippen molar-refractivity contribution in [3.05, 3.63) is 41.4 Å². The molecule has 0 bridgehead atoms. The maximum absolute atomic E-state index is 12.1. The van der Waals surface area contributed by atoms with Crippen molar-refractivity contribution in [2.45, 2.75) is 39.3 Å². The first-order valence-electron chi connectivity index (χ1n) is 6.51. The van der Waals surface area contributed by atoms with Crippen molar-refractivity contribution >= 4 is 5.91 Å². The summed E-state index contributed by atoms with van der Waals surface area (Å²) in [7, 11) is 0. The molecule has 0 spiro atoms. The molecule has 1 atom stereocenters. The molecule has 3 rings (SSSR count). The molecule has 0 saturated carbocycles. The first-order valence-corrected chi connectivity index (χ1v) is 6.51. The maximum Gasteiger partial charge on any atom is 0.287 e. The third kappa shape index (κ3) is 2.28. The van der Waals surface area contributed by atoms with Crippen molar-refractivity contribution in [1.82, 2.24) is 14.9 Å². The average molecular weight is 259 g/mol. The Morgan fingerprint density at radius 2 is 2.37 bits per heavy atom. The van der Waals surface area contributed by atoms with Crippen LogP contribution in [0.1, 0.15) is 34.1 Å². The van der Waals surface area contributed by atoms with Crippen LogP contribution >= 0.6 is 0 Å². The van der Waals surface area contributed by atoms with E-state index in [2.05, 4.69) is 14.9 Å². The molecule has 5 heteroatoms. The molecular weight excluding hydrogens is 242 g/mol. The molecule has 1 aliphatic heterocycles. The van der Waals surface area contributed by atoms with Gasteiger partial charge >= 0.3 is 0 Å². The fourth-order valence-corrected chi connectivity index (χ4v) is 2.56. The summed E-state index contributed by atoms with van der Waals surface area (Å²) in [5, 5.41) is 3.03. The van der Waals surface area contributed by atoms with E-state index < -0.39 is 0 Å². The number of hydrogen-bond acceptors (Lipinski definition) is 3. The van der Waals surface area contributed by atoms with Gasteiger partial charge in [0.1, 0.15) is 5.82 Å². The number of fused-ring (bicyclic) bond motifs is 1. The number of carbonyl (C=O) groups is 1. The van der Waals surface area contributed by atoms with Crippen LogP contribution < -0.4 is 5.32 Å². The van der Waals surface area contributed by atoms with Crippen LogP contribution in [0.5, 0.6) is 0 Å². The summed E-state index contributed by atoms with van der Waals surface area (Å²) in [6, 6.07) is 1.94. The monoisotopic (exact) mass is 259 g/mol. The highest BCUT2D eigenvalue weighted by atomic mass is 16.3. The number of hydrogen-bond donors (Lipinski definition) is 1. The molecule has 1 aliphatic rings. The van der Waals surface area contributed by atoms with Crippen molar-refractivity contribution in [2.24, 2.45) is 0 Å². The van der Waals surface area contributed by atoms with Crippen LogP contribution in [0.25, 0.3) is 0 Å². The topological polar surface area (TPSA) is 60.1 Å². The number of rotatable bonds is 2. The Kier molecular flexibility index (Phi) is 2.89. The SMILES string of the molecule is Cc1cn2c(n1)CC[C@@H](NC(=O)c1occc1C)C2. The van der Waals surface area contributed by atoms with Gasteiger partial charge in [-0.2, -0.15) is 0 Å². The molecule has 2 aromatic rings. The minimum Gasteiger partial charge on any atom is -0.459 e. The van der Waals surface area contributed by atoms with Crippen molar-refractivity contribution in [3.8, 4) is 0 Å². The van der Waals surface area contributed by atoms with E-state index in [9.17, 15) is 4.79 Å². The van der Waals surface area contributed by atoms with Crippen LogP contribution in [0.15, 0.2) is 22.9 Å².